The second-order valence-electron chi connectivity index (χ2n) is 4.80. The third-order valence-electron chi connectivity index (χ3n) is 3.25. The molecular formula is C17H19F2N. The van der Waals surface area contributed by atoms with Gasteiger partial charge < -0.3 is 5.32 Å². The number of alkyl halides is 2. The molecule has 0 saturated carbocycles. The van der Waals surface area contributed by atoms with E-state index in [0.717, 1.165) is 24.1 Å². The Kier molecular flexibility index (Phi) is 5.10. The van der Waals surface area contributed by atoms with Gasteiger partial charge in [0.15, 0.2) is 0 Å². The smallest absolute Gasteiger partial charge is 0.263 e. The highest BCUT2D eigenvalue weighted by Gasteiger charge is 2.06. The Morgan fingerprint density at radius 2 is 1.70 bits per heavy atom. The van der Waals surface area contributed by atoms with E-state index in [1.165, 1.54) is 17.7 Å². The van der Waals surface area contributed by atoms with Gasteiger partial charge in [0.1, 0.15) is 0 Å². The van der Waals surface area contributed by atoms with Gasteiger partial charge in [0, 0.05) is 17.8 Å². The van der Waals surface area contributed by atoms with Gasteiger partial charge in [-0.3, -0.25) is 0 Å². The molecule has 0 atom stereocenters. The summed E-state index contributed by atoms with van der Waals surface area (Å²) in [5.41, 5.74) is 3.48. The van der Waals surface area contributed by atoms with E-state index in [1.54, 1.807) is 12.1 Å². The Bertz CT molecular complexity index is 535. The van der Waals surface area contributed by atoms with Crippen LogP contribution in [0.5, 0.6) is 0 Å². The highest BCUT2D eigenvalue weighted by molar-refractivity contribution is 5.51. The van der Waals surface area contributed by atoms with Crippen LogP contribution >= 0.6 is 0 Å². The van der Waals surface area contributed by atoms with Crippen molar-refractivity contribution in [2.75, 3.05) is 5.32 Å². The molecule has 0 radical (unpaired) electrons. The second kappa shape index (κ2) is 7.04. The molecular weight excluding hydrogens is 256 g/mol. The van der Waals surface area contributed by atoms with Crippen LogP contribution in [-0.4, -0.2) is 0 Å². The Morgan fingerprint density at radius 1 is 1.00 bits per heavy atom. The topological polar surface area (TPSA) is 12.0 Å². The molecule has 0 unspecified atom stereocenters. The lowest BCUT2D eigenvalue weighted by Crippen LogP contribution is -2.02. The fraction of sp³-hybridized carbons (Fsp3) is 0.294. The van der Waals surface area contributed by atoms with E-state index < -0.39 is 6.43 Å². The highest BCUT2D eigenvalue weighted by Crippen LogP contribution is 2.20. The molecule has 0 aliphatic rings. The zero-order valence-electron chi connectivity index (χ0n) is 11.6. The maximum Gasteiger partial charge on any atom is 0.263 e. The number of benzene rings is 2. The standard InChI is InChI=1S/C17H19F2N/c1-2-5-14-6-3-4-7-16(14)20-12-13-8-10-15(11-9-13)17(18)19/h3-4,6-11,17,20H,2,5,12H2,1H3. The van der Waals surface area contributed by atoms with Crippen molar-refractivity contribution >= 4 is 5.69 Å². The largest absolute Gasteiger partial charge is 0.381 e. The van der Waals surface area contributed by atoms with E-state index in [-0.39, 0.29) is 5.56 Å². The third-order valence-corrected chi connectivity index (χ3v) is 3.25. The number of anilines is 1. The molecule has 20 heavy (non-hydrogen) atoms. The van der Waals surface area contributed by atoms with E-state index in [0.29, 0.717) is 6.54 Å². The van der Waals surface area contributed by atoms with Crippen LogP contribution in [-0.2, 0) is 13.0 Å². The van der Waals surface area contributed by atoms with Crippen molar-refractivity contribution in [1.29, 1.82) is 0 Å². The van der Waals surface area contributed by atoms with Crippen molar-refractivity contribution in [2.45, 2.75) is 32.7 Å². The first-order valence-electron chi connectivity index (χ1n) is 6.89. The summed E-state index contributed by atoms with van der Waals surface area (Å²) in [4.78, 5) is 0. The van der Waals surface area contributed by atoms with Gasteiger partial charge in [0.25, 0.3) is 6.43 Å². The quantitative estimate of drug-likeness (QED) is 0.765. The summed E-state index contributed by atoms with van der Waals surface area (Å²) in [7, 11) is 0. The third kappa shape index (κ3) is 3.80. The zero-order chi connectivity index (χ0) is 14.4. The van der Waals surface area contributed by atoms with Crippen molar-refractivity contribution in [2.24, 2.45) is 0 Å². The molecule has 0 aromatic heterocycles. The van der Waals surface area contributed by atoms with E-state index in [2.05, 4.69) is 24.4 Å². The lowest BCUT2D eigenvalue weighted by Gasteiger charge is -2.12. The number of nitrogens with one attached hydrogen (secondary N) is 1. The summed E-state index contributed by atoms with van der Waals surface area (Å²) in [5, 5.41) is 3.38. The van der Waals surface area contributed by atoms with Crippen molar-refractivity contribution in [3.8, 4) is 0 Å². The predicted octanol–water partition coefficient (Wildman–Crippen LogP) is 5.19. The fourth-order valence-electron chi connectivity index (χ4n) is 2.16. The number of halogens is 2. The highest BCUT2D eigenvalue weighted by atomic mass is 19.3. The molecule has 2 aromatic carbocycles. The summed E-state index contributed by atoms with van der Waals surface area (Å²) in [6.07, 6.45) is -0.266. The predicted molar refractivity (Wildman–Crippen MR) is 79.2 cm³/mol. The van der Waals surface area contributed by atoms with Crippen LogP contribution in [0.25, 0.3) is 0 Å². The van der Waals surface area contributed by atoms with Crippen molar-refractivity contribution in [3.63, 3.8) is 0 Å². The molecule has 1 N–H and O–H groups in total. The van der Waals surface area contributed by atoms with Crippen LogP contribution in [0.4, 0.5) is 14.5 Å². The minimum absolute atomic E-state index is 0.0696. The normalized spacial score (nSPS) is 10.8. The van der Waals surface area contributed by atoms with Gasteiger partial charge in [-0.1, -0.05) is 55.8 Å². The van der Waals surface area contributed by atoms with Crippen LogP contribution in [0.2, 0.25) is 0 Å². The number of para-hydroxylation sites is 1. The van der Waals surface area contributed by atoms with Crippen LogP contribution < -0.4 is 5.32 Å². The van der Waals surface area contributed by atoms with E-state index >= 15 is 0 Å². The van der Waals surface area contributed by atoms with Gasteiger partial charge in [0.2, 0.25) is 0 Å². The van der Waals surface area contributed by atoms with Gasteiger partial charge in [0.05, 0.1) is 0 Å². The number of hydrogen-bond acceptors (Lipinski definition) is 1. The molecule has 0 fully saturated rings. The monoisotopic (exact) mass is 275 g/mol. The molecule has 2 rings (SSSR count). The van der Waals surface area contributed by atoms with Crippen molar-refractivity contribution in [3.05, 3.63) is 65.2 Å². The first-order valence-corrected chi connectivity index (χ1v) is 6.89. The van der Waals surface area contributed by atoms with Gasteiger partial charge in [-0.05, 0) is 23.6 Å². The molecule has 0 bridgehead atoms. The Hall–Kier alpha value is -1.90. The van der Waals surface area contributed by atoms with Gasteiger partial charge in [-0.15, -0.1) is 0 Å². The Labute approximate surface area is 118 Å². The number of rotatable bonds is 6. The molecule has 1 nitrogen and oxygen atoms in total. The van der Waals surface area contributed by atoms with Gasteiger partial charge >= 0.3 is 0 Å². The first kappa shape index (κ1) is 14.5. The van der Waals surface area contributed by atoms with Crippen LogP contribution in [0, 0.1) is 0 Å². The summed E-state index contributed by atoms with van der Waals surface area (Å²) < 4.78 is 24.9. The maximum absolute atomic E-state index is 12.5. The van der Waals surface area contributed by atoms with E-state index in [1.807, 2.05) is 12.1 Å². The molecule has 2 aromatic rings. The molecule has 106 valence electrons. The van der Waals surface area contributed by atoms with E-state index in [9.17, 15) is 8.78 Å². The molecule has 0 amide bonds. The van der Waals surface area contributed by atoms with Crippen LogP contribution in [0.1, 0.15) is 36.5 Å². The van der Waals surface area contributed by atoms with Gasteiger partial charge in [-0.2, -0.15) is 0 Å². The average molecular weight is 275 g/mol. The average Bonchev–Trinajstić information content (AvgIpc) is 2.47. The maximum atomic E-state index is 12.5. The number of hydrogen-bond donors (Lipinski definition) is 1. The molecule has 0 aliphatic heterocycles. The molecule has 0 spiro atoms. The molecule has 0 aliphatic carbocycles. The number of aryl methyl sites for hydroxylation is 1. The first-order chi connectivity index (χ1) is 9.70. The minimum atomic E-state index is -2.40. The van der Waals surface area contributed by atoms with Crippen LogP contribution in [0.15, 0.2) is 48.5 Å². The summed E-state index contributed by atoms with van der Waals surface area (Å²) in [5.74, 6) is 0. The molecule has 3 heteroatoms. The summed E-state index contributed by atoms with van der Waals surface area (Å²) in [6.45, 7) is 2.80. The Balaban J connectivity index is 2.01. The summed E-state index contributed by atoms with van der Waals surface area (Å²) >= 11 is 0. The molecule has 0 saturated heterocycles. The lowest BCUT2D eigenvalue weighted by atomic mass is 10.1. The van der Waals surface area contributed by atoms with E-state index in [4.69, 9.17) is 0 Å². The van der Waals surface area contributed by atoms with Crippen molar-refractivity contribution in [1.82, 2.24) is 0 Å². The summed E-state index contributed by atoms with van der Waals surface area (Å²) in [6, 6.07) is 14.7. The van der Waals surface area contributed by atoms with Crippen LogP contribution in [0.3, 0.4) is 0 Å². The lowest BCUT2D eigenvalue weighted by molar-refractivity contribution is 0.151. The molecule has 0 heterocycles. The fourth-order valence-corrected chi connectivity index (χ4v) is 2.16. The zero-order valence-corrected chi connectivity index (χ0v) is 11.6. The van der Waals surface area contributed by atoms with Gasteiger partial charge in [-0.25, -0.2) is 8.78 Å². The minimum Gasteiger partial charge on any atom is -0.381 e. The SMILES string of the molecule is CCCc1ccccc1NCc1ccc(C(F)F)cc1. The Morgan fingerprint density at radius 3 is 2.35 bits per heavy atom. The second-order valence-corrected chi connectivity index (χ2v) is 4.80. The van der Waals surface area contributed by atoms with Crippen molar-refractivity contribution < 1.29 is 8.78 Å².